The number of hydrogen-bond donors (Lipinski definition) is 1. The molecular weight excluding hydrogens is 306 g/mol. The van der Waals surface area contributed by atoms with E-state index in [9.17, 15) is 4.79 Å². The molecule has 0 spiro atoms. The summed E-state index contributed by atoms with van der Waals surface area (Å²) in [6.07, 6.45) is 3.09. The molecule has 1 amide bonds. The summed E-state index contributed by atoms with van der Waals surface area (Å²) < 4.78 is 7.04. The van der Waals surface area contributed by atoms with Crippen molar-refractivity contribution in [3.63, 3.8) is 0 Å². The molecule has 1 N–H and O–H groups in total. The highest BCUT2D eigenvalue weighted by Crippen LogP contribution is 2.16. The third kappa shape index (κ3) is 4.32. The maximum Gasteiger partial charge on any atom is 0.224 e. The smallest absolute Gasteiger partial charge is 0.224 e. The minimum Gasteiger partial charge on any atom is -0.378 e. The van der Waals surface area contributed by atoms with Gasteiger partial charge in [-0.15, -0.1) is 0 Å². The highest BCUT2D eigenvalue weighted by Gasteiger charge is 2.14. The highest BCUT2D eigenvalue weighted by atomic mass is 16.5. The van der Waals surface area contributed by atoms with Crippen molar-refractivity contribution in [3.8, 4) is 0 Å². The minimum absolute atomic E-state index is 0.0164. The summed E-state index contributed by atoms with van der Waals surface area (Å²) in [5.41, 5.74) is 2.29. The number of carbonyl (C=O) groups is 1. The lowest BCUT2D eigenvalue weighted by Crippen LogP contribution is -2.36. The number of benzene rings is 1. The van der Waals surface area contributed by atoms with Crippen LogP contribution in [0.4, 0.5) is 5.69 Å². The van der Waals surface area contributed by atoms with Gasteiger partial charge in [0.05, 0.1) is 25.7 Å². The van der Waals surface area contributed by atoms with Crippen LogP contribution >= 0.6 is 0 Å². The van der Waals surface area contributed by atoms with Crippen LogP contribution in [0.1, 0.15) is 12.5 Å². The van der Waals surface area contributed by atoms with Crippen molar-refractivity contribution in [1.82, 2.24) is 20.1 Å². The van der Waals surface area contributed by atoms with Crippen LogP contribution < -0.4 is 10.2 Å². The molecule has 1 aromatic heterocycles. The number of nitrogens with zero attached hydrogens (tertiary/aromatic N) is 4. The molecule has 24 heavy (non-hydrogen) atoms. The van der Waals surface area contributed by atoms with Gasteiger partial charge in [-0.25, -0.2) is 4.98 Å². The molecule has 128 valence electrons. The van der Waals surface area contributed by atoms with Gasteiger partial charge < -0.3 is 15.0 Å². The largest absolute Gasteiger partial charge is 0.378 e. The number of aromatic nitrogens is 3. The third-order valence-corrected chi connectivity index (χ3v) is 4.15. The van der Waals surface area contributed by atoms with Crippen LogP contribution in [0.15, 0.2) is 36.9 Å². The second-order valence-corrected chi connectivity index (χ2v) is 6.00. The van der Waals surface area contributed by atoms with E-state index in [2.05, 4.69) is 44.6 Å². The lowest BCUT2D eigenvalue weighted by Gasteiger charge is -2.28. The molecule has 1 atom stereocenters. The Morgan fingerprint density at radius 2 is 2.04 bits per heavy atom. The number of nitrogens with one attached hydrogen (secondary N) is 1. The Balaban J connectivity index is 1.48. The molecule has 2 heterocycles. The first-order chi connectivity index (χ1) is 11.7. The van der Waals surface area contributed by atoms with Crippen molar-refractivity contribution in [2.45, 2.75) is 20.0 Å². The fraction of sp³-hybridized carbons (Fsp3) is 0.471. The van der Waals surface area contributed by atoms with Crippen LogP contribution in [-0.2, 0) is 22.6 Å². The zero-order chi connectivity index (χ0) is 16.8. The summed E-state index contributed by atoms with van der Waals surface area (Å²) in [4.78, 5) is 18.4. The Bertz CT molecular complexity index is 636. The topological polar surface area (TPSA) is 72.3 Å². The van der Waals surface area contributed by atoms with Crippen LogP contribution in [-0.4, -0.2) is 47.0 Å². The van der Waals surface area contributed by atoms with E-state index in [1.807, 2.05) is 6.92 Å². The number of anilines is 1. The lowest BCUT2D eigenvalue weighted by atomic mass is 10.1. The molecule has 3 rings (SSSR count). The number of carbonyl (C=O) groups excluding carboxylic acids is 1. The number of amides is 1. The van der Waals surface area contributed by atoms with E-state index < -0.39 is 0 Å². The van der Waals surface area contributed by atoms with Crippen LogP contribution in [0.2, 0.25) is 0 Å². The van der Waals surface area contributed by atoms with E-state index in [-0.39, 0.29) is 11.8 Å². The number of ether oxygens (including phenoxy) is 1. The van der Waals surface area contributed by atoms with Gasteiger partial charge in [-0.05, 0) is 17.7 Å². The van der Waals surface area contributed by atoms with Gasteiger partial charge in [-0.2, -0.15) is 5.10 Å². The molecule has 1 aliphatic heterocycles. The molecule has 7 nitrogen and oxygen atoms in total. The maximum absolute atomic E-state index is 12.2. The predicted molar refractivity (Wildman–Crippen MR) is 90.5 cm³/mol. The summed E-state index contributed by atoms with van der Waals surface area (Å²) in [5, 5.41) is 7.00. The van der Waals surface area contributed by atoms with Gasteiger partial charge in [0, 0.05) is 25.3 Å². The Labute approximate surface area is 141 Å². The quantitative estimate of drug-likeness (QED) is 0.858. The van der Waals surface area contributed by atoms with E-state index in [1.54, 1.807) is 11.0 Å². The predicted octanol–water partition coefficient (Wildman–Crippen LogP) is 1.07. The monoisotopic (exact) mass is 329 g/mol. The van der Waals surface area contributed by atoms with Gasteiger partial charge >= 0.3 is 0 Å². The molecule has 1 aromatic carbocycles. The maximum atomic E-state index is 12.2. The van der Waals surface area contributed by atoms with Crippen molar-refractivity contribution >= 4 is 11.6 Å². The normalized spacial score (nSPS) is 16.0. The van der Waals surface area contributed by atoms with E-state index >= 15 is 0 Å². The second-order valence-electron chi connectivity index (χ2n) is 6.00. The van der Waals surface area contributed by atoms with Crippen molar-refractivity contribution in [2.24, 2.45) is 5.92 Å². The van der Waals surface area contributed by atoms with E-state index in [4.69, 9.17) is 4.74 Å². The van der Waals surface area contributed by atoms with E-state index in [0.717, 1.165) is 31.9 Å². The zero-order valence-corrected chi connectivity index (χ0v) is 13.9. The zero-order valence-electron chi connectivity index (χ0n) is 13.9. The number of morpholine rings is 1. The first-order valence-corrected chi connectivity index (χ1v) is 8.24. The number of rotatable bonds is 6. The van der Waals surface area contributed by atoms with Crippen molar-refractivity contribution < 1.29 is 9.53 Å². The minimum atomic E-state index is -0.153. The van der Waals surface area contributed by atoms with Crippen molar-refractivity contribution in [1.29, 1.82) is 0 Å². The Hall–Kier alpha value is -2.41. The molecule has 1 fully saturated rings. The molecular formula is C17H23N5O2. The Morgan fingerprint density at radius 1 is 1.29 bits per heavy atom. The molecule has 0 bridgehead atoms. The fourth-order valence-corrected chi connectivity index (χ4v) is 2.70. The van der Waals surface area contributed by atoms with Crippen LogP contribution in [0.5, 0.6) is 0 Å². The van der Waals surface area contributed by atoms with Gasteiger partial charge in [-0.1, -0.05) is 19.1 Å². The SMILES string of the molecule is CC(Cn1cncn1)C(=O)NCc1ccc(N2CCOCC2)cc1. The second kappa shape index (κ2) is 7.92. The molecule has 0 saturated carbocycles. The van der Waals surface area contributed by atoms with Crippen molar-refractivity contribution in [2.75, 3.05) is 31.2 Å². The molecule has 1 unspecified atom stereocenters. The van der Waals surface area contributed by atoms with Crippen molar-refractivity contribution in [3.05, 3.63) is 42.5 Å². The van der Waals surface area contributed by atoms with Gasteiger partial charge in [-0.3, -0.25) is 9.48 Å². The standard InChI is InChI=1S/C17H23N5O2/c1-14(11-22-13-18-12-20-22)17(23)19-10-15-2-4-16(5-3-15)21-6-8-24-9-7-21/h2-5,12-14H,6-11H2,1H3,(H,19,23). The summed E-state index contributed by atoms with van der Waals surface area (Å²) >= 11 is 0. The first-order valence-electron chi connectivity index (χ1n) is 8.24. The van der Waals surface area contributed by atoms with Gasteiger partial charge in [0.2, 0.25) is 5.91 Å². The van der Waals surface area contributed by atoms with Crippen LogP contribution in [0, 0.1) is 5.92 Å². The molecule has 1 saturated heterocycles. The summed E-state index contributed by atoms with van der Waals surface area (Å²) in [5.74, 6) is -0.137. The third-order valence-electron chi connectivity index (χ3n) is 4.15. The lowest BCUT2D eigenvalue weighted by molar-refractivity contribution is -0.125. The van der Waals surface area contributed by atoms with E-state index in [0.29, 0.717) is 13.1 Å². The number of hydrogen-bond acceptors (Lipinski definition) is 5. The Morgan fingerprint density at radius 3 is 2.71 bits per heavy atom. The van der Waals surface area contributed by atoms with E-state index in [1.165, 1.54) is 12.0 Å². The molecule has 0 aliphatic carbocycles. The van der Waals surface area contributed by atoms with Gasteiger partial charge in [0.25, 0.3) is 0 Å². The first kappa shape index (κ1) is 16.4. The highest BCUT2D eigenvalue weighted by molar-refractivity contribution is 5.78. The fourth-order valence-electron chi connectivity index (χ4n) is 2.70. The molecule has 1 aliphatic rings. The van der Waals surface area contributed by atoms with Crippen LogP contribution in [0.25, 0.3) is 0 Å². The molecule has 7 heteroatoms. The molecule has 0 radical (unpaired) electrons. The summed E-state index contributed by atoms with van der Waals surface area (Å²) in [6, 6.07) is 8.33. The average Bonchev–Trinajstić information content (AvgIpc) is 3.14. The summed E-state index contributed by atoms with van der Waals surface area (Å²) in [7, 11) is 0. The average molecular weight is 329 g/mol. The Kier molecular flexibility index (Phi) is 5.43. The van der Waals surface area contributed by atoms with Gasteiger partial charge in [0.15, 0.2) is 0 Å². The van der Waals surface area contributed by atoms with Gasteiger partial charge in [0.1, 0.15) is 12.7 Å². The van der Waals surface area contributed by atoms with Crippen LogP contribution in [0.3, 0.4) is 0 Å². The summed E-state index contributed by atoms with van der Waals surface area (Å²) in [6.45, 7) is 6.36. The molecule has 2 aromatic rings.